The molecule has 136 valence electrons. The number of thiophene rings is 1. The van der Waals surface area contributed by atoms with Crippen molar-refractivity contribution in [2.24, 2.45) is 0 Å². The predicted molar refractivity (Wildman–Crippen MR) is 109 cm³/mol. The van der Waals surface area contributed by atoms with Gasteiger partial charge in [-0.3, -0.25) is 4.79 Å². The Morgan fingerprint density at radius 1 is 1.23 bits per heavy atom. The Morgan fingerprint density at radius 2 is 1.96 bits per heavy atom. The van der Waals surface area contributed by atoms with E-state index >= 15 is 0 Å². The molecule has 6 heteroatoms. The molecule has 0 aliphatic heterocycles. The number of nitrogen functional groups attached to an aromatic ring is 1. The van der Waals surface area contributed by atoms with Gasteiger partial charge in [0.1, 0.15) is 4.83 Å². The van der Waals surface area contributed by atoms with Crippen LogP contribution in [0.1, 0.15) is 54.4 Å². The van der Waals surface area contributed by atoms with Crippen molar-refractivity contribution in [3.05, 3.63) is 56.4 Å². The van der Waals surface area contributed by atoms with Crippen LogP contribution in [-0.4, -0.2) is 9.66 Å². The zero-order valence-corrected chi connectivity index (χ0v) is 16.0. The highest BCUT2D eigenvalue weighted by Crippen LogP contribution is 2.33. The minimum Gasteiger partial charge on any atom is -0.378 e. The van der Waals surface area contributed by atoms with Gasteiger partial charge in [-0.15, -0.1) is 11.3 Å². The quantitative estimate of drug-likeness (QED) is 0.687. The molecule has 1 aliphatic rings. The molecule has 0 fully saturated rings. The second-order valence-corrected chi connectivity index (χ2v) is 8.31. The summed E-state index contributed by atoms with van der Waals surface area (Å²) in [6, 6.07) is 8.34. The Balaban J connectivity index is 1.62. The summed E-state index contributed by atoms with van der Waals surface area (Å²) in [5.41, 5.74) is 3.35. The Bertz CT molecular complexity index is 1000. The fourth-order valence-electron chi connectivity index (χ4n) is 3.55. The second kappa shape index (κ2) is 6.76. The first-order chi connectivity index (χ1) is 12.5. The van der Waals surface area contributed by atoms with E-state index in [1.54, 1.807) is 11.3 Å². The van der Waals surface area contributed by atoms with E-state index in [2.05, 4.69) is 43.4 Å². The van der Waals surface area contributed by atoms with E-state index in [-0.39, 0.29) is 5.56 Å². The Hall–Kier alpha value is -2.34. The molecule has 3 aromatic rings. The van der Waals surface area contributed by atoms with E-state index in [1.165, 1.54) is 27.1 Å². The molecule has 0 saturated heterocycles. The van der Waals surface area contributed by atoms with Gasteiger partial charge in [0.05, 0.1) is 11.9 Å². The first-order valence-electron chi connectivity index (χ1n) is 9.19. The lowest BCUT2D eigenvalue weighted by Crippen LogP contribution is -2.32. The number of fused-ring (bicyclic) bond motifs is 3. The van der Waals surface area contributed by atoms with Gasteiger partial charge in [0, 0.05) is 10.6 Å². The van der Waals surface area contributed by atoms with Crippen molar-refractivity contribution in [3.63, 3.8) is 0 Å². The summed E-state index contributed by atoms with van der Waals surface area (Å²) in [5, 5.41) is 4.06. The van der Waals surface area contributed by atoms with Crippen molar-refractivity contribution in [1.29, 1.82) is 0 Å². The van der Waals surface area contributed by atoms with Crippen LogP contribution in [0.25, 0.3) is 10.2 Å². The van der Waals surface area contributed by atoms with Gasteiger partial charge in [-0.25, -0.2) is 9.66 Å². The monoisotopic (exact) mass is 368 g/mol. The SMILES string of the molecule is CC(C)c1ccc(NCc2nc3sc4c(c3c(=O)n2N)CCCC4)cc1. The summed E-state index contributed by atoms with van der Waals surface area (Å²) in [7, 11) is 0. The smallest absolute Gasteiger partial charge is 0.281 e. The van der Waals surface area contributed by atoms with Crippen LogP contribution in [-0.2, 0) is 19.4 Å². The van der Waals surface area contributed by atoms with Crippen LogP contribution in [0, 0.1) is 0 Å². The molecule has 5 nitrogen and oxygen atoms in total. The normalized spacial score (nSPS) is 14.0. The molecule has 2 heterocycles. The van der Waals surface area contributed by atoms with Crippen LogP contribution >= 0.6 is 11.3 Å². The van der Waals surface area contributed by atoms with E-state index in [4.69, 9.17) is 10.8 Å². The number of benzene rings is 1. The summed E-state index contributed by atoms with van der Waals surface area (Å²) in [6.07, 6.45) is 4.35. The first-order valence-corrected chi connectivity index (χ1v) is 10.0. The van der Waals surface area contributed by atoms with E-state index in [0.717, 1.165) is 35.2 Å². The minimum atomic E-state index is -0.124. The minimum absolute atomic E-state index is 0.124. The maximum absolute atomic E-state index is 12.8. The number of aryl methyl sites for hydroxylation is 2. The molecule has 0 radical (unpaired) electrons. The third-order valence-corrected chi connectivity index (χ3v) is 6.31. The van der Waals surface area contributed by atoms with Gasteiger partial charge in [-0.2, -0.15) is 0 Å². The number of rotatable bonds is 4. The van der Waals surface area contributed by atoms with Gasteiger partial charge in [0.25, 0.3) is 5.56 Å². The lowest BCUT2D eigenvalue weighted by molar-refractivity contribution is 0.699. The van der Waals surface area contributed by atoms with Crippen molar-refractivity contribution in [2.45, 2.75) is 52.0 Å². The molecule has 26 heavy (non-hydrogen) atoms. The lowest BCUT2D eigenvalue weighted by Gasteiger charge is -2.12. The molecular formula is C20H24N4OS. The molecule has 2 aromatic heterocycles. The number of nitrogens with one attached hydrogen (secondary N) is 1. The number of nitrogens with two attached hydrogens (primary N) is 1. The van der Waals surface area contributed by atoms with E-state index in [0.29, 0.717) is 18.3 Å². The van der Waals surface area contributed by atoms with Crippen LogP contribution in [0.3, 0.4) is 0 Å². The predicted octanol–water partition coefficient (Wildman–Crippen LogP) is 3.79. The van der Waals surface area contributed by atoms with E-state index < -0.39 is 0 Å². The molecule has 0 atom stereocenters. The number of nitrogens with zero attached hydrogens (tertiary/aromatic N) is 2. The molecule has 4 rings (SSSR count). The molecule has 0 bridgehead atoms. The topological polar surface area (TPSA) is 72.9 Å². The van der Waals surface area contributed by atoms with Crippen LogP contribution < -0.4 is 16.7 Å². The molecule has 1 aromatic carbocycles. The van der Waals surface area contributed by atoms with Gasteiger partial charge < -0.3 is 11.2 Å². The highest BCUT2D eigenvalue weighted by atomic mass is 32.1. The van der Waals surface area contributed by atoms with Crippen molar-refractivity contribution in [2.75, 3.05) is 11.2 Å². The average molecular weight is 369 g/mol. The Morgan fingerprint density at radius 3 is 2.69 bits per heavy atom. The number of anilines is 1. The molecule has 0 spiro atoms. The zero-order valence-electron chi connectivity index (χ0n) is 15.2. The standard InChI is InChI=1S/C20H24N4OS/c1-12(2)13-7-9-14(10-8-13)22-11-17-23-19-18(20(25)24(17)21)15-5-3-4-6-16(15)26-19/h7-10,12,22H,3-6,11,21H2,1-2H3. The average Bonchev–Trinajstić information content (AvgIpc) is 3.02. The largest absolute Gasteiger partial charge is 0.378 e. The van der Waals surface area contributed by atoms with Crippen LogP contribution in [0.2, 0.25) is 0 Å². The maximum atomic E-state index is 12.8. The number of aromatic nitrogens is 2. The maximum Gasteiger partial charge on any atom is 0.281 e. The van der Waals surface area contributed by atoms with Gasteiger partial charge in [-0.05, 0) is 54.9 Å². The van der Waals surface area contributed by atoms with Crippen molar-refractivity contribution >= 4 is 27.2 Å². The van der Waals surface area contributed by atoms with Gasteiger partial charge in [0.2, 0.25) is 0 Å². The summed E-state index contributed by atoms with van der Waals surface area (Å²) in [4.78, 5) is 19.6. The summed E-state index contributed by atoms with van der Waals surface area (Å²) >= 11 is 1.66. The van der Waals surface area contributed by atoms with Crippen LogP contribution in [0.5, 0.6) is 0 Å². The molecule has 0 unspecified atom stereocenters. The number of hydrogen-bond donors (Lipinski definition) is 2. The zero-order chi connectivity index (χ0) is 18.3. The fourth-order valence-corrected chi connectivity index (χ4v) is 4.82. The Labute approximate surface area is 156 Å². The van der Waals surface area contributed by atoms with Crippen molar-refractivity contribution < 1.29 is 0 Å². The highest BCUT2D eigenvalue weighted by Gasteiger charge is 2.21. The first kappa shape index (κ1) is 17.1. The van der Waals surface area contributed by atoms with Crippen molar-refractivity contribution in [1.82, 2.24) is 9.66 Å². The second-order valence-electron chi connectivity index (χ2n) is 7.22. The van der Waals surface area contributed by atoms with E-state index in [1.807, 2.05) is 0 Å². The lowest BCUT2D eigenvalue weighted by atomic mass is 9.97. The fraction of sp³-hybridized carbons (Fsp3) is 0.400. The summed E-state index contributed by atoms with van der Waals surface area (Å²) in [5.74, 6) is 7.15. The van der Waals surface area contributed by atoms with Crippen molar-refractivity contribution in [3.8, 4) is 0 Å². The van der Waals surface area contributed by atoms with E-state index in [9.17, 15) is 4.79 Å². The molecule has 0 saturated carbocycles. The molecule has 0 amide bonds. The Kier molecular flexibility index (Phi) is 4.44. The summed E-state index contributed by atoms with van der Waals surface area (Å²) in [6.45, 7) is 4.77. The number of hydrogen-bond acceptors (Lipinski definition) is 5. The third kappa shape index (κ3) is 2.98. The molecule has 3 N–H and O–H groups in total. The molecular weight excluding hydrogens is 344 g/mol. The van der Waals surface area contributed by atoms with Gasteiger partial charge >= 0.3 is 0 Å². The van der Waals surface area contributed by atoms with Crippen LogP contribution in [0.15, 0.2) is 29.1 Å². The highest BCUT2D eigenvalue weighted by molar-refractivity contribution is 7.18. The summed E-state index contributed by atoms with van der Waals surface area (Å²) < 4.78 is 1.21. The van der Waals surface area contributed by atoms with Gasteiger partial charge in [-0.1, -0.05) is 26.0 Å². The van der Waals surface area contributed by atoms with Gasteiger partial charge in [0.15, 0.2) is 5.82 Å². The van der Waals surface area contributed by atoms with Crippen LogP contribution in [0.4, 0.5) is 5.69 Å². The third-order valence-electron chi connectivity index (χ3n) is 5.12. The molecule has 1 aliphatic carbocycles.